The highest BCUT2D eigenvalue weighted by Gasteiger charge is 2.49. The van der Waals surface area contributed by atoms with Crippen molar-refractivity contribution in [2.24, 2.45) is 5.92 Å². The smallest absolute Gasteiger partial charge is 0.335 e. The number of hydrogen-bond acceptors (Lipinski definition) is 6. The highest BCUT2D eigenvalue weighted by atomic mass is 16.6. The van der Waals surface area contributed by atoms with Gasteiger partial charge in [0.05, 0.1) is 18.8 Å². The first-order valence-electron chi connectivity index (χ1n) is 5.79. The van der Waals surface area contributed by atoms with Gasteiger partial charge < -0.3 is 30.3 Å². The van der Waals surface area contributed by atoms with Crippen molar-refractivity contribution >= 4 is 5.97 Å². The van der Waals surface area contributed by atoms with Crippen LogP contribution in [0.4, 0.5) is 0 Å². The summed E-state index contributed by atoms with van der Waals surface area (Å²) in [5.74, 6) is -1.79. The third-order valence-corrected chi connectivity index (χ3v) is 3.49. The van der Waals surface area contributed by atoms with Gasteiger partial charge in [-0.2, -0.15) is 0 Å². The zero-order valence-corrected chi connectivity index (χ0v) is 10.4. The molecule has 1 fully saturated rings. The molecule has 0 aromatic carbocycles. The Morgan fingerprint density at radius 3 is 2.50 bits per heavy atom. The van der Waals surface area contributed by atoms with Gasteiger partial charge in [-0.25, -0.2) is 4.79 Å². The summed E-state index contributed by atoms with van der Waals surface area (Å²) >= 11 is 0. The fraction of sp³-hybridized carbons (Fsp3) is 0.909. The van der Waals surface area contributed by atoms with E-state index in [0.29, 0.717) is 0 Å². The Labute approximate surface area is 105 Å². The molecule has 5 N–H and O–H groups in total. The maximum absolute atomic E-state index is 11.1. The molecule has 0 bridgehead atoms. The molecule has 1 saturated heterocycles. The molecule has 7 heteroatoms. The number of aliphatic hydroxyl groups is 4. The van der Waals surface area contributed by atoms with Gasteiger partial charge in [0.1, 0.15) is 12.2 Å². The normalized spacial score (nSPS) is 40.2. The number of rotatable bonds is 4. The summed E-state index contributed by atoms with van der Waals surface area (Å²) in [6.07, 6.45) is -5.02. The van der Waals surface area contributed by atoms with Crippen molar-refractivity contribution in [3.8, 4) is 0 Å². The Kier molecular flexibility index (Phi) is 4.68. The highest BCUT2D eigenvalue weighted by Crippen LogP contribution is 2.35. The molecule has 7 nitrogen and oxygen atoms in total. The average Bonchev–Trinajstić information content (AvgIpc) is 2.31. The topological polar surface area (TPSA) is 127 Å². The maximum Gasteiger partial charge on any atom is 0.335 e. The van der Waals surface area contributed by atoms with Crippen LogP contribution in [-0.2, 0) is 9.53 Å². The van der Waals surface area contributed by atoms with Crippen molar-refractivity contribution in [1.82, 2.24) is 0 Å². The van der Waals surface area contributed by atoms with Crippen molar-refractivity contribution in [3.63, 3.8) is 0 Å². The monoisotopic (exact) mass is 264 g/mol. The zero-order chi connectivity index (χ0) is 14.1. The molecule has 0 spiro atoms. The van der Waals surface area contributed by atoms with Crippen LogP contribution < -0.4 is 0 Å². The number of aliphatic hydroxyl groups excluding tert-OH is 4. The third-order valence-electron chi connectivity index (χ3n) is 3.49. The molecule has 0 aliphatic carbocycles. The van der Waals surface area contributed by atoms with Crippen molar-refractivity contribution in [3.05, 3.63) is 0 Å². The molecule has 1 aliphatic heterocycles. The van der Waals surface area contributed by atoms with Crippen LogP contribution in [0.25, 0.3) is 0 Å². The number of aliphatic carboxylic acids is 1. The van der Waals surface area contributed by atoms with E-state index in [4.69, 9.17) is 14.9 Å². The van der Waals surface area contributed by atoms with E-state index in [2.05, 4.69) is 0 Å². The Balaban J connectivity index is 2.92. The van der Waals surface area contributed by atoms with Crippen LogP contribution in [0.2, 0.25) is 0 Å². The van der Waals surface area contributed by atoms with Gasteiger partial charge in [0.15, 0.2) is 5.60 Å². The number of ether oxygens (including phenoxy) is 1. The summed E-state index contributed by atoms with van der Waals surface area (Å²) in [6.45, 7) is 2.22. The molecule has 0 amide bonds. The van der Waals surface area contributed by atoms with E-state index in [1.54, 1.807) is 6.92 Å². The van der Waals surface area contributed by atoms with Crippen molar-refractivity contribution in [2.75, 3.05) is 6.61 Å². The number of hydrogen-bond donors (Lipinski definition) is 5. The summed E-state index contributed by atoms with van der Waals surface area (Å²) in [4.78, 5) is 11.1. The first-order chi connectivity index (χ1) is 8.23. The average molecular weight is 264 g/mol. The van der Waals surface area contributed by atoms with Crippen molar-refractivity contribution in [2.45, 2.75) is 50.3 Å². The number of carboxylic acid groups (broad SMARTS) is 1. The van der Waals surface area contributed by atoms with Gasteiger partial charge in [0.2, 0.25) is 0 Å². The first-order valence-corrected chi connectivity index (χ1v) is 5.79. The fourth-order valence-corrected chi connectivity index (χ4v) is 2.11. The van der Waals surface area contributed by atoms with Gasteiger partial charge in [0.25, 0.3) is 0 Å². The molecule has 1 unspecified atom stereocenters. The SMILES string of the molecule is C[C@H]1[C@H]([C@H](O)[C@H](O)CO)OC(C)(C(=O)O)C[C@H]1O. The van der Waals surface area contributed by atoms with Gasteiger partial charge in [0, 0.05) is 12.3 Å². The molecule has 106 valence electrons. The Bertz CT molecular complexity index is 308. The lowest BCUT2D eigenvalue weighted by molar-refractivity contribution is -0.232. The Morgan fingerprint density at radius 1 is 1.50 bits per heavy atom. The fourth-order valence-electron chi connectivity index (χ4n) is 2.11. The van der Waals surface area contributed by atoms with Gasteiger partial charge in [-0.3, -0.25) is 0 Å². The van der Waals surface area contributed by atoms with Gasteiger partial charge in [-0.1, -0.05) is 6.92 Å². The molecule has 6 atom stereocenters. The lowest BCUT2D eigenvalue weighted by Gasteiger charge is -2.44. The second kappa shape index (κ2) is 5.50. The molecule has 0 saturated carbocycles. The van der Waals surface area contributed by atoms with Crippen LogP contribution in [0.1, 0.15) is 20.3 Å². The van der Waals surface area contributed by atoms with Gasteiger partial charge >= 0.3 is 5.97 Å². The lowest BCUT2D eigenvalue weighted by atomic mass is 9.81. The van der Waals surface area contributed by atoms with E-state index in [9.17, 15) is 20.1 Å². The molecule has 1 aliphatic rings. The van der Waals surface area contributed by atoms with Crippen LogP contribution >= 0.6 is 0 Å². The predicted molar refractivity (Wildman–Crippen MR) is 59.8 cm³/mol. The van der Waals surface area contributed by atoms with Crippen LogP contribution in [0.15, 0.2) is 0 Å². The molecule has 0 aromatic heterocycles. The van der Waals surface area contributed by atoms with Crippen LogP contribution in [-0.4, -0.2) is 68.1 Å². The quantitative estimate of drug-likeness (QED) is 0.411. The lowest BCUT2D eigenvalue weighted by Crippen LogP contribution is -2.59. The third kappa shape index (κ3) is 2.81. The van der Waals surface area contributed by atoms with Crippen LogP contribution in [0.5, 0.6) is 0 Å². The summed E-state index contributed by atoms with van der Waals surface area (Å²) in [7, 11) is 0. The van der Waals surface area contributed by atoms with E-state index in [1.807, 2.05) is 0 Å². The number of carbonyl (C=O) groups is 1. The number of carboxylic acids is 1. The molecule has 18 heavy (non-hydrogen) atoms. The zero-order valence-electron chi connectivity index (χ0n) is 10.4. The van der Waals surface area contributed by atoms with Crippen molar-refractivity contribution < 1.29 is 35.1 Å². The largest absolute Gasteiger partial charge is 0.479 e. The highest BCUT2D eigenvalue weighted by molar-refractivity contribution is 5.77. The van der Waals surface area contributed by atoms with Gasteiger partial charge in [-0.15, -0.1) is 0 Å². The Hall–Kier alpha value is -0.730. The van der Waals surface area contributed by atoms with E-state index < -0.39 is 48.5 Å². The molecule has 0 radical (unpaired) electrons. The summed E-state index contributed by atoms with van der Waals surface area (Å²) < 4.78 is 5.32. The Morgan fingerprint density at radius 2 is 2.06 bits per heavy atom. The minimum atomic E-state index is -1.62. The molecular formula is C11H20O7. The van der Waals surface area contributed by atoms with E-state index in [1.165, 1.54) is 6.92 Å². The van der Waals surface area contributed by atoms with E-state index in [0.717, 1.165) is 0 Å². The summed E-state index contributed by atoms with van der Waals surface area (Å²) in [6, 6.07) is 0. The molecule has 0 aromatic rings. The van der Waals surface area contributed by atoms with Crippen molar-refractivity contribution in [1.29, 1.82) is 0 Å². The summed E-state index contributed by atoms with van der Waals surface area (Å²) in [5, 5.41) is 46.9. The second-order valence-corrected chi connectivity index (χ2v) is 4.99. The molecule has 1 rings (SSSR count). The molecular weight excluding hydrogens is 244 g/mol. The van der Waals surface area contributed by atoms with Crippen LogP contribution in [0, 0.1) is 5.92 Å². The van der Waals surface area contributed by atoms with Crippen LogP contribution in [0.3, 0.4) is 0 Å². The van der Waals surface area contributed by atoms with E-state index >= 15 is 0 Å². The maximum atomic E-state index is 11.1. The summed E-state index contributed by atoms with van der Waals surface area (Å²) in [5.41, 5.74) is -1.62. The van der Waals surface area contributed by atoms with E-state index in [-0.39, 0.29) is 6.42 Å². The second-order valence-electron chi connectivity index (χ2n) is 4.99. The minimum absolute atomic E-state index is 0.0953. The predicted octanol–water partition coefficient (Wildman–Crippen LogP) is -1.67. The van der Waals surface area contributed by atoms with Gasteiger partial charge in [-0.05, 0) is 6.92 Å². The molecule has 1 heterocycles. The standard InChI is InChI=1S/C11H20O7/c1-5-6(13)3-11(2,10(16)17)18-9(5)8(15)7(14)4-12/h5-9,12-15H,3-4H2,1-2H3,(H,16,17)/t5-,6-,7-,8-,9-,11?/m1/s1. The minimum Gasteiger partial charge on any atom is -0.479 e. The first kappa shape index (κ1) is 15.3.